The van der Waals surface area contributed by atoms with Crippen molar-refractivity contribution >= 4 is 0 Å². The van der Waals surface area contributed by atoms with Gasteiger partial charge in [-0.25, -0.2) is 0 Å². The minimum atomic E-state index is -0.0461. The van der Waals surface area contributed by atoms with Crippen LogP contribution in [0.4, 0.5) is 0 Å². The van der Waals surface area contributed by atoms with Crippen molar-refractivity contribution in [2.75, 3.05) is 13.2 Å². The Bertz CT molecular complexity index is 335. The van der Waals surface area contributed by atoms with Gasteiger partial charge in [0.25, 0.3) is 0 Å². The minimum absolute atomic E-state index is 0.0461. The SMILES string of the molecule is CC1CCCC(CN)(OC2CCOC3(CCCCC3)C2)C1. The van der Waals surface area contributed by atoms with Crippen molar-refractivity contribution in [2.24, 2.45) is 11.7 Å². The van der Waals surface area contributed by atoms with Gasteiger partial charge in [0.2, 0.25) is 0 Å². The summed E-state index contributed by atoms with van der Waals surface area (Å²) in [4.78, 5) is 0. The van der Waals surface area contributed by atoms with E-state index in [9.17, 15) is 0 Å². The van der Waals surface area contributed by atoms with Crippen molar-refractivity contribution in [3.05, 3.63) is 0 Å². The quantitative estimate of drug-likeness (QED) is 0.861. The van der Waals surface area contributed by atoms with Gasteiger partial charge in [-0.15, -0.1) is 0 Å². The standard InChI is InChI=1S/C18H33NO2/c1-15-6-5-10-18(12-15,14-19)21-16-7-11-20-17(13-16)8-3-2-4-9-17/h15-16H,2-14,19H2,1H3. The summed E-state index contributed by atoms with van der Waals surface area (Å²) in [5.74, 6) is 0.755. The van der Waals surface area contributed by atoms with Crippen molar-refractivity contribution in [3.8, 4) is 0 Å². The van der Waals surface area contributed by atoms with Gasteiger partial charge in [0.05, 0.1) is 17.3 Å². The maximum Gasteiger partial charge on any atom is 0.0810 e. The molecule has 3 unspecified atom stereocenters. The van der Waals surface area contributed by atoms with E-state index in [1.54, 1.807) is 0 Å². The van der Waals surface area contributed by atoms with Gasteiger partial charge in [0, 0.05) is 19.6 Å². The van der Waals surface area contributed by atoms with Gasteiger partial charge >= 0.3 is 0 Å². The third-order valence-corrected chi connectivity index (χ3v) is 6.05. The molecule has 2 aliphatic carbocycles. The molecule has 21 heavy (non-hydrogen) atoms. The topological polar surface area (TPSA) is 44.5 Å². The van der Waals surface area contributed by atoms with Crippen molar-refractivity contribution in [2.45, 2.75) is 94.9 Å². The fourth-order valence-corrected chi connectivity index (χ4v) is 4.93. The van der Waals surface area contributed by atoms with Crippen LogP contribution in [-0.4, -0.2) is 30.5 Å². The maximum atomic E-state index is 6.66. The fourth-order valence-electron chi connectivity index (χ4n) is 4.93. The second-order valence-corrected chi connectivity index (χ2v) is 7.91. The first-order valence-electron chi connectivity index (χ1n) is 9.17. The summed E-state index contributed by atoms with van der Waals surface area (Å²) < 4.78 is 12.9. The van der Waals surface area contributed by atoms with E-state index < -0.39 is 0 Å². The zero-order valence-electron chi connectivity index (χ0n) is 13.7. The molecule has 3 fully saturated rings. The highest BCUT2D eigenvalue weighted by atomic mass is 16.5. The number of ether oxygens (including phenoxy) is 2. The van der Waals surface area contributed by atoms with Gasteiger partial charge in [0.1, 0.15) is 0 Å². The second kappa shape index (κ2) is 6.55. The molecular weight excluding hydrogens is 262 g/mol. The van der Waals surface area contributed by atoms with Gasteiger partial charge in [-0.3, -0.25) is 0 Å². The van der Waals surface area contributed by atoms with Crippen LogP contribution in [0.1, 0.15) is 77.6 Å². The van der Waals surface area contributed by atoms with Crippen molar-refractivity contribution in [3.63, 3.8) is 0 Å². The Balaban J connectivity index is 1.63. The van der Waals surface area contributed by atoms with Gasteiger partial charge in [-0.1, -0.05) is 39.0 Å². The Morgan fingerprint density at radius 1 is 1.05 bits per heavy atom. The summed E-state index contributed by atoms with van der Waals surface area (Å²) in [6, 6.07) is 0. The fraction of sp³-hybridized carbons (Fsp3) is 1.00. The molecule has 0 radical (unpaired) electrons. The van der Waals surface area contributed by atoms with Gasteiger partial charge in [-0.05, 0) is 38.0 Å². The Morgan fingerprint density at radius 3 is 2.57 bits per heavy atom. The van der Waals surface area contributed by atoms with Crippen LogP contribution in [0.15, 0.2) is 0 Å². The number of hydrogen-bond donors (Lipinski definition) is 1. The molecule has 3 aliphatic rings. The van der Waals surface area contributed by atoms with Gasteiger partial charge < -0.3 is 15.2 Å². The van der Waals surface area contributed by atoms with Crippen LogP contribution in [0.3, 0.4) is 0 Å². The van der Waals surface area contributed by atoms with E-state index in [2.05, 4.69) is 6.92 Å². The van der Waals surface area contributed by atoms with E-state index in [0.29, 0.717) is 12.6 Å². The third kappa shape index (κ3) is 3.62. The highest BCUT2D eigenvalue weighted by Gasteiger charge is 2.43. The zero-order chi connectivity index (χ0) is 14.8. The summed E-state index contributed by atoms with van der Waals surface area (Å²) in [6.45, 7) is 3.90. The van der Waals surface area contributed by atoms with Crippen LogP contribution in [-0.2, 0) is 9.47 Å². The molecular formula is C18H33NO2. The predicted octanol–water partition coefficient (Wildman–Crippen LogP) is 3.79. The lowest BCUT2D eigenvalue weighted by Gasteiger charge is -2.47. The molecule has 122 valence electrons. The summed E-state index contributed by atoms with van der Waals surface area (Å²) in [7, 11) is 0. The third-order valence-electron chi connectivity index (χ3n) is 6.05. The summed E-state index contributed by atoms with van der Waals surface area (Å²) in [6.07, 6.45) is 13.9. The second-order valence-electron chi connectivity index (χ2n) is 7.91. The van der Waals surface area contributed by atoms with E-state index in [1.807, 2.05) is 0 Å². The average molecular weight is 295 g/mol. The average Bonchev–Trinajstić information content (AvgIpc) is 2.48. The smallest absolute Gasteiger partial charge is 0.0810 e. The minimum Gasteiger partial charge on any atom is -0.375 e. The van der Waals surface area contributed by atoms with Crippen LogP contribution in [0, 0.1) is 5.92 Å². The van der Waals surface area contributed by atoms with Crippen molar-refractivity contribution < 1.29 is 9.47 Å². The first-order valence-corrected chi connectivity index (χ1v) is 9.17. The summed E-state index contributed by atoms with van der Waals surface area (Å²) >= 11 is 0. The van der Waals surface area contributed by atoms with Crippen molar-refractivity contribution in [1.82, 2.24) is 0 Å². The Morgan fingerprint density at radius 2 is 1.86 bits per heavy atom. The lowest BCUT2D eigenvalue weighted by Crippen LogP contribution is -2.51. The van der Waals surface area contributed by atoms with Gasteiger partial charge in [-0.2, -0.15) is 0 Å². The molecule has 1 aliphatic heterocycles. The first-order chi connectivity index (χ1) is 10.2. The van der Waals surface area contributed by atoms with Crippen LogP contribution in [0.2, 0.25) is 0 Å². The molecule has 3 heteroatoms. The molecule has 3 rings (SSSR count). The van der Waals surface area contributed by atoms with Crippen molar-refractivity contribution in [1.29, 1.82) is 0 Å². The van der Waals surface area contributed by atoms with E-state index in [0.717, 1.165) is 38.2 Å². The Hall–Kier alpha value is -0.120. The summed E-state index contributed by atoms with van der Waals surface area (Å²) in [5, 5.41) is 0. The molecule has 0 aromatic carbocycles. The molecule has 1 spiro atoms. The van der Waals surface area contributed by atoms with Crippen LogP contribution in [0.5, 0.6) is 0 Å². The first kappa shape index (κ1) is 15.8. The number of nitrogens with two attached hydrogens (primary N) is 1. The molecule has 2 saturated carbocycles. The highest BCUT2D eigenvalue weighted by Crippen LogP contribution is 2.42. The van der Waals surface area contributed by atoms with Gasteiger partial charge in [0.15, 0.2) is 0 Å². The molecule has 2 N–H and O–H groups in total. The molecule has 1 heterocycles. The van der Waals surface area contributed by atoms with E-state index in [4.69, 9.17) is 15.2 Å². The molecule has 0 aromatic heterocycles. The lowest BCUT2D eigenvalue weighted by atomic mass is 9.77. The molecule has 1 saturated heterocycles. The monoisotopic (exact) mass is 295 g/mol. The molecule has 3 atom stereocenters. The Kier molecular flexibility index (Phi) is 4.92. The lowest BCUT2D eigenvalue weighted by molar-refractivity contribution is -0.191. The van der Waals surface area contributed by atoms with E-state index in [1.165, 1.54) is 44.9 Å². The Labute approximate surface area is 129 Å². The maximum absolute atomic E-state index is 6.66. The molecule has 0 bridgehead atoms. The van der Waals surface area contributed by atoms with Crippen LogP contribution < -0.4 is 5.73 Å². The number of rotatable bonds is 3. The predicted molar refractivity (Wildman–Crippen MR) is 85.3 cm³/mol. The molecule has 0 aromatic rings. The zero-order valence-corrected chi connectivity index (χ0v) is 13.7. The highest BCUT2D eigenvalue weighted by molar-refractivity contribution is 4.94. The largest absolute Gasteiger partial charge is 0.375 e. The van der Waals surface area contributed by atoms with E-state index >= 15 is 0 Å². The number of hydrogen-bond acceptors (Lipinski definition) is 3. The molecule has 0 amide bonds. The summed E-state index contributed by atoms with van der Waals surface area (Å²) in [5.41, 5.74) is 6.22. The normalized spacial score (nSPS) is 40.3. The molecule has 3 nitrogen and oxygen atoms in total. The van der Waals surface area contributed by atoms with E-state index in [-0.39, 0.29) is 11.2 Å². The van der Waals surface area contributed by atoms with Crippen LogP contribution >= 0.6 is 0 Å². The van der Waals surface area contributed by atoms with Crippen LogP contribution in [0.25, 0.3) is 0 Å².